The third-order valence-corrected chi connectivity index (χ3v) is 8.08. The van der Waals surface area contributed by atoms with E-state index in [9.17, 15) is 14.7 Å². The van der Waals surface area contributed by atoms with E-state index >= 15 is 0 Å². The number of carbonyl (C=O) groups is 2. The molecule has 0 saturated carbocycles. The molecule has 0 amide bonds. The maximum absolute atomic E-state index is 12.7. The van der Waals surface area contributed by atoms with Crippen molar-refractivity contribution in [1.82, 2.24) is 9.78 Å². The van der Waals surface area contributed by atoms with Gasteiger partial charge in [0.1, 0.15) is 18.0 Å². The summed E-state index contributed by atoms with van der Waals surface area (Å²) in [4.78, 5) is 31.5. The van der Waals surface area contributed by atoms with Gasteiger partial charge < -0.3 is 9.84 Å². The molecule has 3 aromatic heterocycles. The van der Waals surface area contributed by atoms with Crippen LogP contribution in [0, 0.1) is 6.92 Å². The lowest BCUT2D eigenvalue weighted by Gasteiger charge is -2.03. The van der Waals surface area contributed by atoms with E-state index in [-0.39, 0.29) is 23.9 Å². The molecule has 0 spiro atoms. The third kappa shape index (κ3) is 5.63. The number of nitrogens with zero attached hydrogens (tertiary/aromatic N) is 3. The number of rotatable bonds is 10. The largest absolute Gasteiger partial charge is 0.506 e. The molecule has 9 heteroatoms. The SMILES string of the molecule is COc1ccc(-c2scc(C(C)=NCC(=O)c3ccc(C(=O)CCc4cc(C)n(C)n4)s3)c2O)cc1. The molecule has 0 radical (unpaired) electrons. The molecule has 4 rings (SSSR count). The molecule has 186 valence electrons. The van der Waals surface area contributed by atoms with Crippen molar-refractivity contribution in [3.8, 4) is 21.9 Å². The number of aromatic nitrogens is 2. The van der Waals surface area contributed by atoms with Crippen molar-refractivity contribution in [3.05, 3.63) is 74.6 Å². The summed E-state index contributed by atoms with van der Waals surface area (Å²) in [6.07, 6.45) is 0.906. The van der Waals surface area contributed by atoms with Crippen molar-refractivity contribution >= 4 is 40.0 Å². The quantitative estimate of drug-likeness (QED) is 0.212. The minimum Gasteiger partial charge on any atom is -0.506 e. The maximum Gasteiger partial charge on any atom is 0.194 e. The number of carbonyl (C=O) groups excluding carboxylic acids is 2. The zero-order valence-corrected chi connectivity index (χ0v) is 22.2. The Morgan fingerprint density at radius 1 is 1.11 bits per heavy atom. The number of ketones is 2. The zero-order valence-electron chi connectivity index (χ0n) is 20.6. The normalized spacial score (nSPS) is 11.6. The third-order valence-electron chi connectivity index (χ3n) is 5.89. The van der Waals surface area contributed by atoms with Crippen molar-refractivity contribution < 1.29 is 19.4 Å². The number of hydrogen-bond acceptors (Lipinski definition) is 8. The fourth-order valence-corrected chi connectivity index (χ4v) is 5.58. The number of methoxy groups -OCH3 is 1. The molecule has 3 heterocycles. The topological polar surface area (TPSA) is 93.8 Å². The molecule has 0 aliphatic heterocycles. The molecule has 0 unspecified atom stereocenters. The average Bonchev–Trinajstić information content (AvgIpc) is 3.60. The van der Waals surface area contributed by atoms with Gasteiger partial charge in [0.2, 0.25) is 0 Å². The molecule has 0 fully saturated rings. The Morgan fingerprint density at radius 2 is 1.81 bits per heavy atom. The standard InChI is InChI=1S/C27H27N3O4S2/c1-16-13-19(29-30(16)3)7-10-22(31)24-11-12-25(36-24)23(32)14-28-17(2)21-15-35-27(26(21)33)18-5-8-20(34-4)9-6-18/h5-6,8-9,11-13,15,33H,7,10,14H2,1-4H3. The summed E-state index contributed by atoms with van der Waals surface area (Å²) in [6.45, 7) is 3.69. The second-order valence-corrected chi connectivity index (χ2v) is 10.3. The van der Waals surface area contributed by atoms with Gasteiger partial charge in [-0.25, -0.2) is 0 Å². The first kappa shape index (κ1) is 25.5. The van der Waals surface area contributed by atoms with E-state index in [1.54, 1.807) is 30.8 Å². The van der Waals surface area contributed by atoms with Crippen LogP contribution in [0.5, 0.6) is 11.5 Å². The lowest BCUT2D eigenvalue weighted by atomic mass is 10.1. The predicted molar refractivity (Wildman–Crippen MR) is 144 cm³/mol. The lowest BCUT2D eigenvalue weighted by Crippen LogP contribution is -2.04. The van der Waals surface area contributed by atoms with Crippen LogP contribution in [-0.2, 0) is 13.5 Å². The summed E-state index contributed by atoms with van der Waals surface area (Å²) in [7, 11) is 3.48. The van der Waals surface area contributed by atoms with E-state index in [0.29, 0.717) is 33.9 Å². The molecular formula is C27H27N3O4S2. The summed E-state index contributed by atoms with van der Waals surface area (Å²) in [5, 5.41) is 17.0. The molecular weight excluding hydrogens is 494 g/mol. The van der Waals surface area contributed by atoms with Crippen LogP contribution in [-0.4, -0.2) is 45.8 Å². The van der Waals surface area contributed by atoms with Gasteiger partial charge in [-0.15, -0.1) is 22.7 Å². The van der Waals surface area contributed by atoms with Gasteiger partial charge in [-0.1, -0.05) is 0 Å². The summed E-state index contributed by atoms with van der Waals surface area (Å²) < 4.78 is 6.98. The molecule has 0 aliphatic carbocycles. The van der Waals surface area contributed by atoms with E-state index in [0.717, 1.165) is 27.6 Å². The van der Waals surface area contributed by atoms with E-state index in [4.69, 9.17) is 4.74 Å². The van der Waals surface area contributed by atoms with Crippen molar-refractivity contribution in [2.45, 2.75) is 26.7 Å². The number of hydrogen-bond donors (Lipinski definition) is 1. The summed E-state index contributed by atoms with van der Waals surface area (Å²) >= 11 is 2.61. The summed E-state index contributed by atoms with van der Waals surface area (Å²) in [5.41, 5.74) is 3.99. The second kappa shape index (κ2) is 11.0. The summed E-state index contributed by atoms with van der Waals surface area (Å²) in [5.74, 6) is 0.721. The van der Waals surface area contributed by atoms with Crippen LogP contribution >= 0.6 is 22.7 Å². The maximum atomic E-state index is 12.7. The molecule has 1 N–H and O–H groups in total. The zero-order chi connectivity index (χ0) is 25.8. The van der Waals surface area contributed by atoms with Gasteiger partial charge in [0.15, 0.2) is 11.6 Å². The first-order valence-corrected chi connectivity index (χ1v) is 13.1. The number of aromatic hydroxyl groups is 1. The molecule has 4 aromatic rings. The number of aryl methyl sites for hydroxylation is 3. The van der Waals surface area contributed by atoms with Gasteiger partial charge in [-0.05, 0) is 68.3 Å². The highest BCUT2D eigenvalue weighted by Gasteiger charge is 2.17. The highest BCUT2D eigenvalue weighted by atomic mass is 32.1. The minimum absolute atomic E-state index is 0.00343. The molecule has 36 heavy (non-hydrogen) atoms. The van der Waals surface area contributed by atoms with Crippen LogP contribution in [0.2, 0.25) is 0 Å². The lowest BCUT2D eigenvalue weighted by molar-refractivity contribution is 0.0984. The van der Waals surface area contributed by atoms with E-state index in [1.165, 1.54) is 22.7 Å². The van der Waals surface area contributed by atoms with Gasteiger partial charge in [0.25, 0.3) is 0 Å². The smallest absolute Gasteiger partial charge is 0.194 e. The van der Waals surface area contributed by atoms with Gasteiger partial charge >= 0.3 is 0 Å². The first-order valence-electron chi connectivity index (χ1n) is 11.4. The Morgan fingerprint density at radius 3 is 2.44 bits per heavy atom. The van der Waals surface area contributed by atoms with Crippen LogP contribution in [0.4, 0.5) is 0 Å². The van der Waals surface area contributed by atoms with Crippen LogP contribution in [0.15, 0.2) is 52.8 Å². The van der Waals surface area contributed by atoms with Crippen LogP contribution in [0.1, 0.15) is 49.6 Å². The van der Waals surface area contributed by atoms with Gasteiger partial charge in [-0.2, -0.15) is 5.10 Å². The number of thiophene rings is 2. The molecule has 7 nitrogen and oxygen atoms in total. The Bertz CT molecular complexity index is 1410. The number of aliphatic imine (C=N–C) groups is 1. The molecule has 0 aliphatic rings. The second-order valence-electron chi connectivity index (χ2n) is 8.37. The fourth-order valence-electron chi connectivity index (χ4n) is 3.67. The molecule has 0 atom stereocenters. The van der Waals surface area contributed by atoms with Crippen molar-refractivity contribution in [3.63, 3.8) is 0 Å². The van der Waals surface area contributed by atoms with E-state index in [1.807, 2.05) is 49.7 Å². The van der Waals surface area contributed by atoms with Gasteiger partial charge in [0.05, 0.1) is 27.4 Å². The Kier molecular flexibility index (Phi) is 7.81. The monoisotopic (exact) mass is 521 g/mol. The summed E-state index contributed by atoms with van der Waals surface area (Å²) in [6, 6.07) is 12.8. The highest BCUT2D eigenvalue weighted by molar-refractivity contribution is 7.16. The van der Waals surface area contributed by atoms with Crippen molar-refractivity contribution in [2.75, 3.05) is 13.7 Å². The fraction of sp³-hybridized carbons (Fsp3) is 0.259. The Hall–Kier alpha value is -3.56. The van der Waals surface area contributed by atoms with Crippen molar-refractivity contribution in [2.24, 2.45) is 12.0 Å². The van der Waals surface area contributed by atoms with Gasteiger partial charge in [-0.3, -0.25) is 19.3 Å². The number of ether oxygens (including phenoxy) is 1. The van der Waals surface area contributed by atoms with Gasteiger partial charge in [0, 0.05) is 35.8 Å². The first-order chi connectivity index (χ1) is 17.3. The van der Waals surface area contributed by atoms with Crippen molar-refractivity contribution in [1.29, 1.82) is 0 Å². The Labute approximate surface area is 217 Å². The van der Waals surface area contributed by atoms with Crippen LogP contribution < -0.4 is 4.74 Å². The molecule has 1 aromatic carbocycles. The molecule has 0 bridgehead atoms. The highest BCUT2D eigenvalue weighted by Crippen LogP contribution is 2.39. The van der Waals surface area contributed by atoms with E-state index in [2.05, 4.69) is 10.1 Å². The Balaban J connectivity index is 1.38. The van der Waals surface area contributed by atoms with Crippen LogP contribution in [0.25, 0.3) is 10.4 Å². The molecule has 0 saturated heterocycles. The van der Waals surface area contributed by atoms with Crippen LogP contribution in [0.3, 0.4) is 0 Å². The predicted octanol–water partition coefficient (Wildman–Crippen LogP) is 5.74. The number of benzene rings is 1. The average molecular weight is 522 g/mol. The minimum atomic E-state index is -0.163. The van der Waals surface area contributed by atoms with E-state index < -0.39 is 0 Å². The number of Topliss-reactive ketones (excluding diaryl/α,β-unsaturated/α-hetero) is 2.